The number of carbonyl (C=O) groups is 1. The molecular weight excluding hydrogens is 204 g/mol. The van der Waals surface area contributed by atoms with Gasteiger partial charge in [-0.25, -0.2) is 0 Å². The van der Waals surface area contributed by atoms with Crippen molar-refractivity contribution in [2.45, 2.75) is 13.5 Å². The van der Waals surface area contributed by atoms with Crippen molar-refractivity contribution in [1.29, 1.82) is 0 Å². The molecule has 16 heavy (non-hydrogen) atoms. The molecule has 1 heterocycles. The van der Waals surface area contributed by atoms with Gasteiger partial charge in [-0.2, -0.15) is 0 Å². The van der Waals surface area contributed by atoms with Gasteiger partial charge < -0.3 is 9.52 Å². The van der Waals surface area contributed by atoms with Gasteiger partial charge in [-0.05, 0) is 17.7 Å². The van der Waals surface area contributed by atoms with Gasteiger partial charge in [-0.1, -0.05) is 24.3 Å². The van der Waals surface area contributed by atoms with E-state index < -0.39 is 0 Å². The minimum absolute atomic E-state index is 0.0249. The number of ketones is 1. The fourth-order valence-electron chi connectivity index (χ4n) is 1.46. The summed E-state index contributed by atoms with van der Waals surface area (Å²) in [5.74, 6) is 0.939. The van der Waals surface area contributed by atoms with Gasteiger partial charge >= 0.3 is 0 Å². The van der Waals surface area contributed by atoms with Crippen molar-refractivity contribution in [3.63, 3.8) is 0 Å². The highest BCUT2D eigenvalue weighted by atomic mass is 16.3. The Hall–Kier alpha value is -1.87. The summed E-state index contributed by atoms with van der Waals surface area (Å²) in [6, 6.07) is 10.8. The molecule has 0 bridgehead atoms. The van der Waals surface area contributed by atoms with Crippen LogP contribution in [0.2, 0.25) is 0 Å². The number of aliphatic hydroxyl groups is 1. The number of carbonyl (C=O) groups excluding carboxylic acids is 1. The molecule has 0 radical (unpaired) electrons. The zero-order chi connectivity index (χ0) is 11.5. The van der Waals surface area contributed by atoms with E-state index >= 15 is 0 Å². The van der Waals surface area contributed by atoms with Crippen LogP contribution in [-0.4, -0.2) is 10.9 Å². The third kappa shape index (κ3) is 2.04. The zero-order valence-corrected chi connectivity index (χ0v) is 8.93. The average molecular weight is 216 g/mol. The molecule has 0 atom stereocenters. The summed E-state index contributed by atoms with van der Waals surface area (Å²) in [6.45, 7) is 1.49. The Balaban J connectivity index is 2.31. The molecule has 82 valence electrons. The maximum absolute atomic E-state index is 11.1. The second kappa shape index (κ2) is 4.33. The smallest absolute Gasteiger partial charge is 0.194 e. The van der Waals surface area contributed by atoms with E-state index in [9.17, 15) is 4.79 Å². The van der Waals surface area contributed by atoms with E-state index in [1.54, 1.807) is 12.1 Å². The van der Waals surface area contributed by atoms with Gasteiger partial charge in [0.15, 0.2) is 11.5 Å². The van der Waals surface area contributed by atoms with E-state index in [4.69, 9.17) is 9.52 Å². The SMILES string of the molecule is CC(=O)c1ccc(-c2ccc(CO)cc2)o1. The Morgan fingerprint density at radius 2 is 1.88 bits per heavy atom. The maximum atomic E-state index is 11.1. The molecule has 1 N–H and O–H groups in total. The van der Waals surface area contributed by atoms with Gasteiger partial charge in [0.25, 0.3) is 0 Å². The standard InChI is InChI=1S/C13H12O3/c1-9(15)12-6-7-13(16-12)11-4-2-10(8-14)3-5-11/h2-7,14H,8H2,1H3. The predicted octanol–water partition coefficient (Wildman–Crippen LogP) is 2.64. The second-order valence-corrected chi connectivity index (χ2v) is 3.58. The number of furan rings is 1. The lowest BCUT2D eigenvalue weighted by Gasteiger charge is -1.98. The van der Waals surface area contributed by atoms with Crippen molar-refractivity contribution in [2.24, 2.45) is 0 Å². The normalized spacial score (nSPS) is 10.4. The number of Topliss-reactive ketones (excluding diaryl/α,β-unsaturated/α-hetero) is 1. The third-order valence-electron chi connectivity index (χ3n) is 2.37. The summed E-state index contributed by atoms with van der Waals surface area (Å²) in [6.07, 6.45) is 0. The molecule has 0 spiro atoms. The van der Waals surface area contributed by atoms with Crippen LogP contribution in [0.1, 0.15) is 23.0 Å². The Morgan fingerprint density at radius 3 is 2.38 bits per heavy atom. The van der Waals surface area contributed by atoms with Crippen LogP contribution in [-0.2, 0) is 6.61 Å². The molecule has 0 unspecified atom stereocenters. The highest BCUT2D eigenvalue weighted by Gasteiger charge is 2.07. The van der Waals surface area contributed by atoms with E-state index in [0.29, 0.717) is 11.5 Å². The second-order valence-electron chi connectivity index (χ2n) is 3.58. The van der Waals surface area contributed by atoms with Gasteiger partial charge in [0, 0.05) is 12.5 Å². The summed E-state index contributed by atoms with van der Waals surface area (Å²) in [5.41, 5.74) is 1.74. The fraction of sp³-hybridized carbons (Fsp3) is 0.154. The predicted molar refractivity (Wildman–Crippen MR) is 60.1 cm³/mol. The number of hydrogen-bond donors (Lipinski definition) is 1. The fourth-order valence-corrected chi connectivity index (χ4v) is 1.46. The molecular formula is C13H12O3. The highest BCUT2D eigenvalue weighted by molar-refractivity contribution is 5.91. The minimum atomic E-state index is -0.0850. The molecule has 0 aliphatic heterocycles. The molecule has 0 aliphatic carbocycles. The summed E-state index contributed by atoms with van der Waals surface area (Å²) in [5, 5.41) is 8.91. The van der Waals surface area contributed by atoms with Crippen LogP contribution in [0.3, 0.4) is 0 Å². The molecule has 1 aromatic carbocycles. The number of hydrogen-bond acceptors (Lipinski definition) is 3. The first-order chi connectivity index (χ1) is 7.70. The molecule has 2 aromatic rings. The third-order valence-corrected chi connectivity index (χ3v) is 2.37. The number of aliphatic hydroxyl groups excluding tert-OH is 1. The van der Waals surface area contributed by atoms with E-state index in [2.05, 4.69) is 0 Å². The molecule has 0 saturated carbocycles. The van der Waals surface area contributed by atoms with Crippen LogP contribution in [0, 0.1) is 0 Å². The van der Waals surface area contributed by atoms with Crippen LogP contribution < -0.4 is 0 Å². The highest BCUT2D eigenvalue weighted by Crippen LogP contribution is 2.22. The molecule has 2 rings (SSSR count). The van der Waals surface area contributed by atoms with Gasteiger partial charge in [-0.15, -0.1) is 0 Å². The van der Waals surface area contributed by atoms with Crippen molar-refractivity contribution in [3.8, 4) is 11.3 Å². The van der Waals surface area contributed by atoms with Gasteiger partial charge in [0.2, 0.25) is 0 Å². The molecule has 0 aliphatic rings. The van der Waals surface area contributed by atoms with Crippen LogP contribution in [0.25, 0.3) is 11.3 Å². The summed E-state index contributed by atoms with van der Waals surface area (Å²) >= 11 is 0. The lowest BCUT2D eigenvalue weighted by molar-refractivity contribution is 0.0988. The quantitative estimate of drug-likeness (QED) is 0.802. The van der Waals surface area contributed by atoms with Crippen LogP contribution in [0.5, 0.6) is 0 Å². The van der Waals surface area contributed by atoms with Crippen LogP contribution >= 0.6 is 0 Å². The van der Waals surface area contributed by atoms with E-state index in [1.165, 1.54) is 6.92 Å². The molecule has 1 aromatic heterocycles. The van der Waals surface area contributed by atoms with Gasteiger partial charge in [0.1, 0.15) is 5.76 Å². The zero-order valence-electron chi connectivity index (χ0n) is 8.93. The summed E-state index contributed by atoms with van der Waals surface area (Å²) in [7, 11) is 0. The van der Waals surface area contributed by atoms with Crippen molar-refractivity contribution in [1.82, 2.24) is 0 Å². The summed E-state index contributed by atoms with van der Waals surface area (Å²) < 4.78 is 5.39. The van der Waals surface area contributed by atoms with Crippen LogP contribution in [0.15, 0.2) is 40.8 Å². The Bertz CT molecular complexity index is 494. The molecule has 0 amide bonds. The first-order valence-corrected chi connectivity index (χ1v) is 5.01. The van der Waals surface area contributed by atoms with Crippen molar-refractivity contribution >= 4 is 5.78 Å². The number of rotatable bonds is 3. The van der Waals surface area contributed by atoms with Crippen molar-refractivity contribution in [2.75, 3.05) is 0 Å². The van der Waals surface area contributed by atoms with Crippen molar-refractivity contribution in [3.05, 3.63) is 47.7 Å². The minimum Gasteiger partial charge on any atom is -0.453 e. The van der Waals surface area contributed by atoms with E-state index in [1.807, 2.05) is 24.3 Å². The monoisotopic (exact) mass is 216 g/mol. The molecule has 0 fully saturated rings. The van der Waals surface area contributed by atoms with E-state index in [-0.39, 0.29) is 12.4 Å². The van der Waals surface area contributed by atoms with E-state index in [0.717, 1.165) is 11.1 Å². The lowest BCUT2D eigenvalue weighted by atomic mass is 10.1. The van der Waals surface area contributed by atoms with Crippen LogP contribution in [0.4, 0.5) is 0 Å². The van der Waals surface area contributed by atoms with Gasteiger partial charge in [-0.3, -0.25) is 4.79 Å². The largest absolute Gasteiger partial charge is 0.453 e. The Kier molecular flexibility index (Phi) is 2.88. The number of benzene rings is 1. The molecule has 3 heteroatoms. The lowest BCUT2D eigenvalue weighted by Crippen LogP contribution is -1.86. The topological polar surface area (TPSA) is 50.4 Å². The average Bonchev–Trinajstić information content (AvgIpc) is 2.78. The molecule has 3 nitrogen and oxygen atoms in total. The Morgan fingerprint density at radius 1 is 1.19 bits per heavy atom. The molecule has 0 saturated heterocycles. The first-order valence-electron chi connectivity index (χ1n) is 5.01. The summed E-state index contributed by atoms with van der Waals surface area (Å²) in [4.78, 5) is 11.1. The van der Waals surface area contributed by atoms with Crippen molar-refractivity contribution < 1.29 is 14.3 Å². The maximum Gasteiger partial charge on any atom is 0.194 e. The van der Waals surface area contributed by atoms with Gasteiger partial charge in [0.05, 0.1) is 6.61 Å². The Labute approximate surface area is 93.3 Å². The first kappa shape index (κ1) is 10.6.